The fourth-order valence-electron chi connectivity index (χ4n) is 2.53. The highest BCUT2D eigenvalue weighted by atomic mass is 16.5. The highest BCUT2D eigenvalue weighted by Crippen LogP contribution is 2.36. The van der Waals surface area contributed by atoms with Crippen molar-refractivity contribution in [2.75, 3.05) is 27.8 Å². The van der Waals surface area contributed by atoms with Crippen LogP contribution in [0.3, 0.4) is 0 Å². The van der Waals surface area contributed by atoms with Gasteiger partial charge in [0.1, 0.15) is 5.69 Å². The zero-order chi connectivity index (χ0) is 13.8. The molecule has 19 heavy (non-hydrogen) atoms. The third-order valence-corrected chi connectivity index (χ3v) is 3.74. The Morgan fingerprint density at radius 2 is 2.16 bits per heavy atom. The third kappa shape index (κ3) is 3.16. The molecule has 1 fully saturated rings. The van der Waals surface area contributed by atoms with Crippen LogP contribution in [0.25, 0.3) is 0 Å². The largest absolute Gasteiger partial charge is 0.493 e. The maximum absolute atomic E-state index is 5.88. The summed E-state index contributed by atoms with van der Waals surface area (Å²) in [7, 11) is 5.37. The minimum absolute atomic E-state index is 0.428. The maximum Gasteiger partial charge on any atom is 0.183 e. The van der Waals surface area contributed by atoms with Crippen molar-refractivity contribution in [2.45, 2.75) is 25.4 Å². The number of hydrogen-bond acceptors (Lipinski definition) is 5. The Hall–Kier alpha value is -1.33. The summed E-state index contributed by atoms with van der Waals surface area (Å²) in [4.78, 5) is 6.67. The van der Waals surface area contributed by atoms with Crippen LogP contribution in [0.4, 0.5) is 0 Å². The second kappa shape index (κ2) is 6.21. The molecule has 0 aliphatic heterocycles. The Kier molecular flexibility index (Phi) is 4.61. The summed E-state index contributed by atoms with van der Waals surface area (Å²) < 4.78 is 10.7. The van der Waals surface area contributed by atoms with E-state index in [0.717, 1.165) is 23.9 Å². The molecule has 2 N–H and O–H groups in total. The summed E-state index contributed by atoms with van der Waals surface area (Å²) in [5.74, 6) is 2.17. The number of ether oxygens (including phenoxy) is 2. The SMILES string of the molecule is COc1ccnc(CN(C)C(CN)C2CC2)c1OC. The van der Waals surface area contributed by atoms with E-state index in [1.54, 1.807) is 20.4 Å². The van der Waals surface area contributed by atoms with Gasteiger partial charge in [0, 0.05) is 31.4 Å². The zero-order valence-electron chi connectivity index (χ0n) is 11.9. The lowest BCUT2D eigenvalue weighted by molar-refractivity contribution is 0.209. The first-order valence-corrected chi connectivity index (χ1v) is 6.67. The molecule has 5 nitrogen and oxygen atoms in total. The first-order valence-electron chi connectivity index (χ1n) is 6.67. The van der Waals surface area contributed by atoms with Gasteiger partial charge in [-0.1, -0.05) is 0 Å². The van der Waals surface area contributed by atoms with E-state index in [-0.39, 0.29) is 0 Å². The van der Waals surface area contributed by atoms with Crippen LogP contribution in [0, 0.1) is 5.92 Å². The summed E-state index contributed by atoms with van der Waals surface area (Å²) in [5.41, 5.74) is 6.77. The number of pyridine rings is 1. The van der Waals surface area contributed by atoms with Crippen LogP contribution in [0.15, 0.2) is 12.3 Å². The summed E-state index contributed by atoms with van der Waals surface area (Å²) in [6.45, 7) is 1.41. The van der Waals surface area contributed by atoms with E-state index in [2.05, 4.69) is 16.9 Å². The molecule has 0 spiro atoms. The lowest BCUT2D eigenvalue weighted by Gasteiger charge is -2.27. The van der Waals surface area contributed by atoms with Gasteiger partial charge < -0.3 is 15.2 Å². The predicted molar refractivity (Wildman–Crippen MR) is 74.4 cm³/mol. The fraction of sp³-hybridized carbons (Fsp3) is 0.643. The van der Waals surface area contributed by atoms with Gasteiger partial charge in [0.2, 0.25) is 0 Å². The van der Waals surface area contributed by atoms with Crippen LogP contribution in [0.1, 0.15) is 18.5 Å². The van der Waals surface area contributed by atoms with Gasteiger partial charge in [0.15, 0.2) is 11.5 Å². The van der Waals surface area contributed by atoms with Crippen molar-refractivity contribution in [1.29, 1.82) is 0 Å². The molecule has 1 aromatic rings. The van der Waals surface area contributed by atoms with Gasteiger partial charge in [-0.3, -0.25) is 9.88 Å². The van der Waals surface area contributed by atoms with Crippen molar-refractivity contribution < 1.29 is 9.47 Å². The molecule has 1 heterocycles. The molecule has 1 unspecified atom stereocenters. The standard InChI is InChI=1S/C14H23N3O2/c1-17(12(8-15)10-4-5-10)9-11-14(19-3)13(18-2)6-7-16-11/h6-7,10,12H,4-5,8-9,15H2,1-3H3. The smallest absolute Gasteiger partial charge is 0.183 e. The van der Waals surface area contributed by atoms with E-state index in [9.17, 15) is 0 Å². The molecule has 1 aliphatic carbocycles. The molecular weight excluding hydrogens is 242 g/mol. The zero-order valence-corrected chi connectivity index (χ0v) is 11.9. The lowest BCUT2D eigenvalue weighted by atomic mass is 10.1. The van der Waals surface area contributed by atoms with E-state index in [1.807, 2.05) is 6.07 Å². The molecule has 0 amide bonds. The van der Waals surface area contributed by atoms with Gasteiger partial charge in [0.25, 0.3) is 0 Å². The molecule has 0 saturated heterocycles. The van der Waals surface area contributed by atoms with Gasteiger partial charge in [-0.2, -0.15) is 0 Å². The molecular formula is C14H23N3O2. The topological polar surface area (TPSA) is 60.6 Å². The van der Waals surface area contributed by atoms with Crippen molar-refractivity contribution in [3.63, 3.8) is 0 Å². The van der Waals surface area contributed by atoms with Crippen molar-refractivity contribution in [3.05, 3.63) is 18.0 Å². The second-order valence-corrected chi connectivity index (χ2v) is 5.05. The van der Waals surface area contributed by atoms with Crippen LogP contribution in [0.5, 0.6) is 11.5 Å². The monoisotopic (exact) mass is 265 g/mol. The van der Waals surface area contributed by atoms with Crippen LogP contribution < -0.4 is 15.2 Å². The van der Waals surface area contributed by atoms with Gasteiger partial charge in [0.05, 0.1) is 14.2 Å². The molecule has 5 heteroatoms. The Balaban J connectivity index is 2.13. The van der Waals surface area contributed by atoms with E-state index in [4.69, 9.17) is 15.2 Å². The first kappa shape index (κ1) is 14.1. The molecule has 2 rings (SSSR count). The van der Waals surface area contributed by atoms with Crippen LogP contribution >= 0.6 is 0 Å². The highest BCUT2D eigenvalue weighted by Gasteiger charge is 2.33. The molecule has 1 aliphatic rings. The first-order chi connectivity index (χ1) is 9.21. The van der Waals surface area contributed by atoms with E-state index >= 15 is 0 Å². The average Bonchev–Trinajstić information content (AvgIpc) is 3.23. The van der Waals surface area contributed by atoms with Crippen molar-refractivity contribution in [3.8, 4) is 11.5 Å². The Bertz CT molecular complexity index is 421. The Morgan fingerprint density at radius 1 is 1.42 bits per heavy atom. The van der Waals surface area contributed by atoms with Crippen molar-refractivity contribution in [2.24, 2.45) is 11.7 Å². The van der Waals surface area contributed by atoms with Gasteiger partial charge >= 0.3 is 0 Å². The number of methoxy groups -OCH3 is 2. The van der Waals surface area contributed by atoms with E-state index < -0.39 is 0 Å². The molecule has 1 saturated carbocycles. The molecule has 1 aromatic heterocycles. The molecule has 106 valence electrons. The van der Waals surface area contributed by atoms with E-state index in [1.165, 1.54) is 12.8 Å². The van der Waals surface area contributed by atoms with Gasteiger partial charge in [-0.15, -0.1) is 0 Å². The van der Waals surface area contributed by atoms with E-state index in [0.29, 0.717) is 18.3 Å². The summed E-state index contributed by atoms with van der Waals surface area (Å²) >= 11 is 0. The number of rotatable bonds is 7. The normalized spacial score (nSPS) is 16.5. The number of nitrogens with two attached hydrogens (primary N) is 1. The van der Waals surface area contributed by atoms with Crippen LogP contribution in [-0.2, 0) is 6.54 Å². The average molecular weight is 265 g/mol. The lowest BCUT2D eigenvalue weighted by Crippen LogP contribution is -2.39. The van der Waals surface area contributed by atoms with Crippen molar-refractivity contribution >= 4 is 0 Å². The fourth-order valence-corrected chi connectivity index (χ4v) is 2.53. The number of aromatic nitrogens is 1. The molecule has 1 atom stereocenters. The quantitative estimate of drug-likeness (QED) is 0.804. The molecule has 0 radical (unpaired) electrons. The molecule has 0 aromatic carbocycles. The molecule has 0 bridgehead atoms. The summed E-state index contributed by atoms with van der Waals surface area (Å²) in [5, 5.41) is 0. The minimum Gasteiger partial charge on any atom is -0.493 e. The van der Waals surface area contributed by atoms with Gasteiger partial charge in [-0.05, 0) is 25.8 Å². The number of likely N-dealkylation sites (N-methyl/N-ethyl adjacent to an activating group) is 1. The highest BCUT2D eigenvalue weighted by molar-refractivity contribution is 5.42. The maximum atomic E-state index is 5.88. The van der Waals surface area contributed by atoms with Crippen LogP contribution in [-0.4, -0.2) is 43.7 Å². The third-order valence-electron chi connectivity index (χ3n) is 3.74. The Labute approximate surface area is 114 Å². The summed E-state index contributed by atoms with van der Waals surface area (Å²) in [6, 6.07) is 2.24. The van der Waals surface area contributed by atoms with Crippen LogP contribution in [0.2, 0.25) is 0 Å². The summed E-state index contributed by atoms with van der Waals surface area (Å²) in [6.07, 6.45) is 4.32. The number of nitrogens with zero attached hydrogens (tertiary/aromatic N) is 2. The predicted octanol–water partition coefficient (Wildman–Crippen LogP) is 1.27. The van der Waals surface area contributed by atoms with Gasteiger partial charge in [-0.25, -0.2) is 0 Å². The number of hydrogen-bond donors (Lipinski definition) is 1. The second-order valence-electron chi connectivity index (χ2n) is 5.05. The Morgan fingerprint density at radius 3 is 2.68 bits per heavy atom. The minimum atomic E-state index is 0.428. The van der Waals surface area contributed by atoms with Crippen molar-refractivity contribution in [1.82, 2.24) is 9.88 Å².